The largest absolute Gasteiger partial charge is 0.478 e. The van der Waals surface area contributed by atoms with Crippen LogP contribution < -0.4 is 5.32 Å². The third kappa shape index (κ3) is 3.55. The molecule has 2 aromatic carbocycles. The smallest absolute Gasteiger partial charge is 0.338 e. The minimum Gasteiger partial charge on any atom is -0.478 e. The van der Waals surface area contributed by atoms with Crippen LogP contribution in [-0.4, -0.2) is 11.1 Å². The SMILES string of the molecule is O=C(O)c1ccc(CNc2cc(F)c(Br)cc2F)cc1F. The number of halogens is 4. The molecule has 21 heavy (non-hydrogen) atoms. The number of carboxylic acid groups (broad SMARTS) is 1. The summed E-state index contributed by atoms with van der Waals surface area (Å²) in [5.41, 5.74) is -0.113. The Morgan fingerprint density at radius 2 is 1.81 bits per heavy atom. The van der Waals surface area contributed by atoms with Gasteiger partial charge in [0.25, 0.3) is 0 Å². The summed E-state index contributed by atoms with van der Waals surface area (Å²) in [5.74, 6) is -3.55. The second-order valence-corrected chi connectivity index (χ2v) is 5.07. The number of aromatic carboxylic acids is 1. The molecule has 0 aromatic heterocycles. The van der Waals surface area contributed by atoms with Crippen molar-refractivity contribution in [2.75, 3.05) is 5.32 Å². The zero-order valence-corrected chi connectivity index (χ0v) is 12.0. The van der Waals surface area contributed by atoms with Crippen LogP contribution in [0.15, 0.2) is 34.8 Å². The highest BCUT2D eigenvalue weighted by atomic mass is 79.9. The van der Waals surface area contributed by atoms with Gasteiger partial charge in [0.1, 0.15) is 17.5 Å². The van der Waals surface area contributed by atoms with Gasteiger partial charge in [-0.2, -0.15) is 0 Å². The summed E-state index contributed by atoms with van der Waals surface area (Å²) in [7, 11) is 0. The van der Waals surface area contributed by atoms with Crippen molar-refractivity contribution < 1.29 is 23.1 Å². The van der Waals surface area contributed by atoms with Crippen molar-refractivity contribution in [3.63, 3.8) is 0 Å². The zero-order chi connectivity index (χ0) is 15.6. The van der Waals surface area contributed by atoms with Gasteiger partial charge in [0.05, 0.1) is 15.7 Å². The molecule has 110 valence electrons. The second-order valence-electron chi connectivity index (χ2n) is 4.22. The van der Waals surface area contributed by atoms with Crippen LogP contribution in [0.5, 0.6) is 0 Å². The van der Waals surface area contributed by atoms with E-state index in [1.807, 2.05) is 0 Å². The summed E-state index contributed by atoms with van der Waals surface area (Å²) < 4.78 is 40.4. The molecule has 0 heterocycles. The molecule has 0 unspecified atom stereocenters. The Morgan fingerprint density at radius 1 is 1.10 bits per heavy atom. The molecule has 0 bridgehead atoms. The minimum absolute atomic E-state index is 0.00223. The molecular weight excluding hydrogens is 351 g/mol. The molecule has 0 radical (unpaired) electrons. The third-order valence-corrected chi connectivity index (χ3v) is 3.36. The molecular formula is C14H9BrF3NO2. The summed E-state index contributed by atoms with van der Waals surface area (Å²) in [6, 6.07) is 5.50. The Morgan fingerprint density at radius 3 is 2.43 bits per heavy atom. The second kappa shape index (κ2) is 6.17. The average Bonchev–Trinajstić information content (AvgIpc) is 2.41. The number of hydrogen-bond donors (Lipinski definition) is 2. The summed E-state index contributed by atoms with van der Waals surface area (Å²) in [5, 5.41) is 11.3. The van der Waals surface area contributed by atoms with Crippen LogP contribution in [0.3, 0.4) is 0 Å². The van der Waals surface area contributed by atoms with Crippen molar-refractivity contribution in [3.8, 4) is 0 Å². The molecule has 0 fully saturated rings. The Labute approximate surface area is 126 Å². The Bertz CT molecular complexity index is 707. The van der Waals surface area contributed by atoms with E-state index in [2.05, 4.69) is 21.2 Å². The van der Waals surface area contributed by atoms with Gasteiger partial charge < -0.3 is 10.4 Å². The van der Waals surface area contributed by atoms with Gasteiger partial charge in [-0.05, 0) is 39.7 Å². The summed E-state index contributed by atoms with van der Waals surface area (Å²) >= 11 is 2.86. The van der Waals surface area contributed by atoms with Gasteiger partial charge in [-0.25, -0.2) is 18.0 Å². The molecule has 0 amide bonds. The van der Waals surface area contributed by atoms with Gasteiger partial charge in [-0.3, -0.25) is 0 Å². The number of carbonyl (C=O) groups is 1. The van der Waals surface area contributed by atoms with Crippen LogP contribution >= 0.6 is 15.9 Å². The first-order chi connectivity index (χ1) is 9.88. The maximum absolute atomic E-state index is 13.6. The van der Waals surface area contributed by atoms with E-state index < -0.39 is 29.0 Å². The van der Waals surface area contributed by atoms with Gasteiger partial charge in [0.2, 0.25) is 0 Å². The van der Waals surface area contributed by atoms with E-state index >= 15 is 0 Å². The number of carboxylic acids is 1. The molecule has 2 aromatic rings. The van der Waals surface area contributed by atoms with Crippen LogP contribution in [0.2, 0.25) is 0 Å². The maximum atomic E-state index is 13.6. The van der Waals surface area contributed by atoms with Crippen LogP contribution in [0.4, 0.5) is 18.9 Å². The standard InChI is InChI=1S/C14H9BrF3NO2/c15-9-4-12(18)13(5-11(9)17)19-6-7-1-2-8(14(20)21)10(16)3-7/h1-5,19H,6H2,(H,20,21). The lowest BCUT2D eigenvalue weighted by molar-refractivity contribution is 0.0692. The lowest BCUT2D eigenvalue weighted by Gasteiger charge is -2.09. The topological polar surface area (TPSA) is 49.3 Å². The quantitative estimate of drug-likeness (QED) is 0.805. The third-order valence-electron chi connectivity index (χ3n) is 2.76. The van der Waals surface area contributed by atoms with Gasteiger partial charge in [0.15, 0.2) is 0 Å². The highest BCUT2D eigenvalue weighted by Crippen LogP contribution is 2.24. The van der Waals surface area contributed by atoms with E-state index in [4.69, 9.17) is 5.11 Å². The van der Waals surface area contributed by atoms with Crippen LogP contribution in [-0.2, 0) is 6.54 Å². The predicted octanol–water partition coefficient (Wildman–Crippen LogP) is 4.18. The fourth-order valence-corrected chi connectivity index (χ4v) is 2.01. The highest BCUT2D eigenvalue weighted by Gasteiger charge is 2.11. The monoisotopic (exact) mass is 359 g/mol. The van der Waals surface area contributed by atoms with E-state index in [9.17, 15) is 18.0 Å². The number of anilines is 1. The van der Waals surface area contributed by atoms with Gasteiger partial charge in [0, 0.05) is 12.6 Å². The maximum Gasteiger partial charge on any atom is 0.338 e. The number of nitrogens with one attached hydrogen (secondary N) is 1. The molecule has 0 saturated carbocycles. The lowest BCUT2D eigenvalue weighted by atomic mass is 10.1. The van der Waals surface area contributed by atoms with Crippen LogP contribution in [0, 0.1) is 17.5 Å². The molecule has 3 nitrogen and oxygen atoms in total. The number of hydrogen-bond acceptors (Lipinski definition) is 2. The van der Waals surface area contributed by atoms with Crippen molar-refractivity contribution in [2.24, 2.45) is 0 Å². The van der Waals surface area contributed by atoms with E-state index in [1.54, 1.807) is 0 Å². The van der Waals surface area contributed by atoms with Gasteiger partial charge in [-0.15, -0.1) is 0 Å². The van der Waals surface area contributed by atoms with Gasteiger partial charge in [-0.1, -0.05) is 6.07 Å². The molecule has 2 rings (SSSR count). The number of benzene rings is 2. The molecule has 0 saturated heterocycles. The Hall–Kier alpha value is -2.02. The van der Waals surface area contributed by atoms with Crippen LogP contribution in [0.1, 0.15) is 15.9 Å². The first-order valence-electron chi connectivity index (χ1n) is 5.78. The first-order valence-corrected chi connectivity index (χ1v) is 6.58. The van der Waals surface area contributed by atoms with Crippen molar-refractivity contribution in [1.29, 1.82) is 0 Å². The molecule has 0 aliphatic carbocycles. The van der Waals surface area contributed by atoms with Crippen molar-refractivity contribution >= 4 is 27.6 Å². The summed E-state index contributed by atoms with van der Waals surface area (Å²) in [4.78, 5) is 10.7. The fourth-order valence-electron chi connectivity index (χ4n) is 1.70. The normalized spacial score (nSPS) is 10.5. The van der Waals surface area contributed by atoms with Gasteiger partial charge >= 0.3 is 5.97 Å². The Balaban J connectivity index is 2.15. The summed E-state index contributed by atoms with van der Waals surface area (Å²) in [6.45, 7) is 0.0226. The molecule has 0 aliphatic heterocycles. The van der Waals surface area contributed by atoms with Crippen molar-refractivity contribution in [1.82, 2.24) is 0 Å². The van der Waals surface area contributed by atoms with Crippen LogP contribution in [0.25, 0.3) is 0 Å². The molecule has 0 atom stereocenters. The minimum atomic E-state index is -1.37. The summed E-state index contributed by atoms with van der Waals surface area (Å²) in [6.07, 6.45) is 0. The first kappa shape index (κ1) is 15.4. The van der Waals surface area contributed by atoms with E-state index in [0.717, 1.165) is 24.3 Å². The van der Waals surface area contributed by atoms with E-state index in [-0.39, 0.29) is 16.7 Å². The molecule has 2 N–H and O–H groups in total. The zero-order valence-electron chi connectivity index (χ0n) is 10.5. The van der Waals surface area contributed by atoms with E-state index in [1.165, 1.54) is 6.07 Å². The van der Waals surface area contributed by atoms with Crippen molar-refractivity contribution in [3.05, 3.63) is 63.4 Å². The average molecular weight is 360 g/mol. The predicted molar refractivity (Wildman–Crippen MR) is 74.7 cm³/mol. The highest BCUT2D eigenvalue weighted by molar-refractivity contribution is 9.10. The van der Waals surface area contributed by atoms with Crippen molar-refractivity contribution in [2.45, 2.75) is 6.54 Å². The molecule has 0 aliphatic rings. The number of rotatable bonds is 4. The molecule has 0 spiro atoms. The van der Waals surface area contributed by atoms with E-state index in [0.29, 0.717) is 5.56 Å². The lowest BCUT2D eigenvalue weighted by Crippen LogP contribution is -2.05. The molecule has 7 heteroatoms. The Kier molecular flexibility index (Phi) is 4.52. The fraction of sp³-hybridized carbons (Fsp3) is 0.0714.